The number of aryl methyl sites for hydroxylation is 1. The highest BCUT2D eigenvalue weighted by Gasteiger charge is 2.23. The minimum atomic E-state index is -3.67. The Morgan fingerprint density at radius 3 is 2.41 bits per heavy atom. The smallest absolute Gasteiger partial charge is 0.251 e. The summed E-state index contributed by atoms with van der Waals surface area (Å²) < 4.78 is 33.9. The molecule has 0 unspecified atom stereocenters. The Labute approximate surface area is 245 Å². The number of methoxy groups -OCH3 is 1. The number of anilines is 1. The molecule has 1 amide bonds. The third-order valence-electron chi connectivity index (χ3n) is 7.34. The van der Waals surface area contributed by atoms with Crippen LogP contribution in [0.4, 0.5) is 5.13 Å². The van der Waals surface area contributed by atoms with E-state index in [1.165, 1.54) is 22.0 Å². The summed E-state index contributed by atoms with van der Waals surface area (Å²) in [5.41, 5.74) is 3.46. The van der Waals surface area contributed by atoms with Crippen molar-refractivity contribution in [2.75, 3.05) is 58.3 Å². The molecule has 3 aromatic carbocycles. The summed E-state index contributed by atoms with van der Waals surface area (Å²) in [5.74, 6) is 0.582. The number of carbonyl (C=O) groups is 1. The maximum absolute atomic E-state index is 13.0. The Hall–Kier alpha value is -3.51. The predicted octanol–water partition coefficient (Wildman–Crippen LogP) is 3.99. The molecule has 11 heteroatoms. The van der Waals surface area contributed by atoms with Gasteiger partial charge in [-0.15, -0.1) is 0 Å². The van der Waals surface area contributed by atoms with Gasteiger partial charge in [-0.25, -0.2) is 13.4 Å². The molecule has 0 spiro atoms. The van der Waals surface area contributed by atoms with Crippen LogP contribution >= 0.6 is 11.3 Å². The average Bonchev–Trinajstić information content (AvgIpc) is 3.45. The number of hydrogen-bond donors (Lipinski definition) is 1. The Morgan fingerprint density at radius 1 is 1.02 bits per heavy atom. The first-order valence-electron chi connectivity index (χ1n) is 13.6. The molecule has 1 aliphatic heterocycles. The normalized spacial score (nSPS) is 14.5. The zero-order valence-corrected chi connectivity index (χ0v) is 25.2. The van der Waals surface area contributed by atoms with Crippen LogP contribution in [-0.2, 0) is 16.6 Å². The van der Waals surface area contributed by atoms with Gasteiger partial charge in [0.1, 0.15) is 11.3 Å². The summed E-state index contributed by atoms with van der Waals surface area (Å²) in [6.07, 6.45) is 0. The lowest BCUT2D eigenvalue weighted by Crippen LogP contribution is -2.48. The summed E-state index contributed by atoms with van der Waals surface area (Å²) in [6.45, 7) is 7.11. The highest BCUT2D eigenvalue weighted by molar-refractivity contribution is 7.89. The van der Waals surface area contributed by atoms with Gasteiger partial charge in [0.2, 0.25) is 10.0 Å². The van der Waals surface area contributed by atoms with Crippen LogP contribution in [0.3, 0.4) is 0 Å². The molecule has 0 aliphatic carbocycles. The van der Waals surface area contributed by atoms with E-state index in [1.807, 2.05) is 36.4 Å². The molecule has 2 heterocycles. The van der Waals surface area contributed by atoms with Gasteiger partial charge < -0.3 is 15.0 Å². The Morgan fingerprint density at radius 2 is 1.73 bits per heavy atom. The van der Waals surface area contributed by atoms with Crippen LogP contribution in [0, 0.1) is 6.92 Å². The van der Waals surface area contributed by atoms with Crippen LogP contribution in [0.25, 0.3) is 10.2 Å². The lowest BCUT2D eigenvalue weighted by molar-refractivity contribution is 0.0947. The van der Waals surface area contributed by atoms with E-state index in [0.717, 1.165) is 59.4 Å². The first-order valence-corrected chi connectivity index (χ1v) is 15.8. The van der Waals surface area contributed by atoms with E-state index in [9.17, 15) is 13.2 Å². The van der Waals surface area contributed by atoms with E-state index in [4.69, 9.17) is 9.72 Å². The number of carbonyl (C=O) groups excluding carboxylic acids is 1. The van der Waals surface area contributed by atoms with E-state index >= 15 is 0 Å². The van der Waals surface area contributed by atoms with Gasteiger partial charge in [-0.05, 0) is 48.4 Å². The van der Waals surface area contributed by atoms with Crippen molar-refractivity contribution < 1.29 is 17.9 Å². The lowest BCUT2D eigenvalue weighted by atomic mass is 10.2. The number of nitrogens with zero attached hydrogens (tertiary/aromatic N) is 4. The fraction of sp³-hybridized carbons (Fsp3) is 0.333. The summed E-state index contributed by atoms with van der Waals surface area (Å²) in [4.78, 5) is 22.4. The minimum Gasteiger partial charge on any atom is -0.494 e. The topological polar surface area (TPSA) is 95.1 Å². The van der Waals surface area contributed by atoms with Gasteiger partial charge in [-0.3, -0.25) is 9.69 Å². The molecule has 216 valence electrons. The molecule has 1 saturated heterocycles. The van der Waals surface area contributed by atoms with Crippen molar-refractivity contribution in [1.82, 2.24) is 19.5 Å². The van der Waals surface area contributed by atoms with Crippen molar-refractivity contribution in [2.24, 2.45) is 0 Å². The van der Waals surface area contributed by atoms with Crippen LogP contribution in [0.15, 0.2) is 71.6 Å². The van der Waals surface area contributed by atoms with Crippen LogP contribution in [0.5, 0.6) is 5.75 Å². The van der Waals surface area contributed by atoms with Crippen molar-refractivity contribution in [3.63, 3.8) is 0 Å². The third kappa shape index (κ3) is 6.54. The van der Waals surface area contributed by atoms with Gasteiger partial charge in [0.25, 0.3) is 5.91 Å². The number of fused-ring (bicyclic) bond motifs is 1. The Balaban J connectivity index is 1.09. The highest BCUT2D eigenvalue weighted by atomic mass is 32.2. The van der Waals surface area contributed by atoms with Crippen LogP contribution < -0.4 is 15.0 Å². The molecule has 9 nitrogen and oxygen atoms in total. The summed E-state index contributed by atoms with van der Waals surface area (Å²) in [7, 11) is -0.439. The monoisotopic (exact) mass is 593 g/mol. The molecule has 0 radical (unpaired) electrons. The van der Waals surface area contributed by atoms with Crippen molar-refractivity contribution in [3.05, 3.63) is 83.4 Å². The Kier molecular flexibility index (Phi) is 8.88. The van der Waals surface area contributed by atoms with Crippen molar-refractivity contribution in [1.29, 1.82) is 0 Å². The predicted molar refractivity (Wildman–Crippen MR) is 163 cm³/mol. The van der Waals surface area contributed by atoms with Gasteiger partial charge in [-0.2, -0.15) is 4.31 Å². The number of thiazole rings is 1. The van der Waals surface area contributed by atoms with E-state index in [2.05, 4.69) is 28.1 Å². The van der Waals surface area contributed by atoms with Crippen molar-refractivity contribution in [2.45, 2.75) is 18.4 Å². The summed E-state index contributed by atoms with van der Waals surface area (Å²) in [5, 5.41) is 3.97. The van der Waals surface area contributed by atoms with Crippen molar-refractivity contribution in [3.8, 4) is 5.75 Å². The molecule has 1 fully saturated rings. The minimum absolute atomic E-state index is 0.159. The SMILES string of the molecule is COc1ccc(C)c2sc(N3CCN(CCNC(=O)c4ccc(S(=O)(=O)N(C)Cc5ccccc5)cc4)CC3)nc12. The van der Waals surface area contributed by atoms with Gasteiger partial charge in [0.15, 0.2) is 5.13 Å². The van der Waals surface area contributed by atoms with E-state index in [1.54, 1.807) is 37.6 Å². The largest absolute Gasteiger partial charge is 0.494 e. The summed E-state index contributed by atoms with van der Waals surface area (Å²) in [6, 6.07) is 19.6. The Bertz CT molecular complexity index is 1600. The molecular formula is C30H35N5O4S2. The highest BCUT2D eigenvalue weighted by Crippen LogP contribution is 2.36. The molecule has 1 aromatic heterocycles. The molecule has 1 N–H and O–H groups in total. The second-order valence-electron chi connectivity index (χ2n) is 10.1. The number of hydrogen-bond acceptors (Lipinski definition) is 8. The fourth-order valence-corrected chi connectivity index (χ4v) is 7.14. The number of aromatic nitrogens is 1. The standard InChI is InChI=1S/C30H35N5O4S2/c1-22-9-14-26(39-3)27-28(22)40-30(32-27)35-19-17-34(18-20-35)16-15-31-29(36)24-10-12-25(13-11-24)41(37,38)33(2)21-23-7-5-4-6-8-23/h4-14H,15-21H2,1-3H3,(H,31,36). The van der Waals surface area contributed by atoms with Gasteiger partial charge in [0.05, 0.1) is 16.7 Å². The molecule has 0 atom stereocenters. The quantitative estimate of drug-likeness (QED) is 0.297. The number of sulfonamides is 1. The number of nitrogens with one attached hydrogen (secondary N) is 1. The van der Waals surface area contributed by atoms with Crippen LogP contribution in [0.2, 0.25) is 0 Å². The molecule has 0 saturated carbocycles. The fourth-order valence-electron chi connectivity index (χ4n) is 4.87. The zero-order valence-electron chi connectivity index (χ0n) is 23.5. The number of benzene rings is 3. The molecule has 41 heavy (non-hydrogen) atoms. The maximum Gasteiger partial charge on any atom is 0.251 e. The van der Waals surface area contributed by atoms with Crippen LogP contribution in [-0.4, -0.2) is 81.9 Å². The number of ether oxygens (including phenoxy) is 1. The second-order valence-corrected chi connectivity index (χ2v) is 13.1. The first kappa shape index (κ1) is 29.0. The average molecular weight is 594 g/mol. The van der Waals surface area contributed by atoms with Gasteiger partial charge in [-0.1, -0.05) is 47.7 Å². The van der Waals surface area contributed by atoms with E-state index < -0.39 is 10.0 Å². The number of rotatable bonds is 10. The number of amides is 1. The zero-order chi connectivity index (χ0) is 29.0. The molecule has 4 aromatic rings. The van der Waals surface area contributed by atoms with E-state index in [0.29, 0.717) is 12.1 Å². The third-order valence-corrected chi connectivity index (χ3v) is 10.4. The first-order chi connectivity index (χ1) is 19.8. The van der Waals surface area contributed by atoms with Crippen molar-refractivity contribution >= 4 is 42.6 Å². The van der Waals surface area contributed by atoms with Crippen LogP contribution in [0.1, 0.15) is 21.5 Å². The van der Waals surface area contributed by atoms with Gasteiger partial charge in [0, 0.05) is 58.4 Å². The molecular weight excluding hydrogens is 558 g/mol. The van der Waals surface area contributed by atoms with E-state index in [-0.39, 0.29) is 17.3 Å². The molecule has 1 aliphatic rings. The lowest BCUT2D eigenvalue weighted by Gasteiger charge is -2.34. The summed E-state index contributed by atoms with van der Waals surface area (Å²) >= 11 is 1.70. The molecule has 5 rings (SSSR count). The molecule has 0 bridgehead atoms. The maximum atomic E-state index is 13.0. The van der Waals surface area contributed by atoms with Gasteiger partial charge >= 0.3 is 0 Å². The second kappa shape index (κ2) is 12.6. The number of piperazine rings is 1.